The number of rotatable bonds is 6. The van der Waals surface area contributed by atoms with E-state index >= 15 is 0 Å². The van der Waals surface area contributed by atoms with Crippen LogP contribution < -0.4 is 14.8 Å². The molecule has 0 aromatic heterocycles. The molecule has 0 aliphatic rings. The molecule has 0 saturated heterocycles. The van der Waals surface area contributed by atoms with E-state index in [1.54, 1.807) is 31.2 Å². The average Bonchev–Trinajstić information content (AvgIpc) is 2.62. The summed E-state index contributed by atoms with van der Waals surface area (Å²) in [5.41, 5.74) is 1.56. The molecule has 1 N–H and O–H groups in total. The van der Waals surface area contributed by atoms with Gasteiger partial charge in [0.25, 0.3) is 5.91 Å². The van der Waals surface area contributed by atoms with Gasteiger partial charge in [0.2, 0.25) is 0 Å². The lowest BCUT2D eigenvalue weighted by Gasteiger charge is -2.11. The highest BCUT2D eigenvalue weighted by Gasteiger charge is 2.14. The third kappa shape index (κ3) is 4.64. The van der Waals surface area contributed by atoms with Crippen molar-refractivity contribution in [1.29, 1.82) is 0 Å². The van der Waals surface area contributed by atoms with Crippen LogP contribution in [0, 0.1) is 6.92 Å². The largest absolute Gasteiger partial charge is 0.493 e. The summed E-state index contributed by atoms with van der Waals surface area (Å²) < 4.78 is 15.3. The molecule has 0 fully saturated rings. The SMILES string of the molecule is COc1ccc(C(=O)OCC(=O)Nc2cccc(Cl)c2C)cc1OC. The minimum absolute atomic E-state index is 0.254. The molecule has 6 nitrogen and oxygen atoms in total. The first-order chi connectivity index (χ1) is 12.0. The first-order valence-electron chi connectivity index (χ1n) is 7.40. The molecule has 2 aromatic rings. The van der Waals surface area contributed by atoms with Gasteiger partial charge in [0, 0.05) is 10.7 Å². The Labute approximate surface area is 150 Å². The molecule has 0 aliphatic carbocycles. The lowest BCUT2D eigenvalue weighted by Crippen LogP contribution is -2.21. The second-order valence-corrected chi connectivity index (χ2v) is 5.51. The third-order valence-corrected chi connectivity index (χ3v) is 3.90. The zero-order valence-corrected chi connectivity index (χ0v) is 14.8. The van der Waals surface area contributed by atoms with Crippen LogP contribution in [0.3, 0.4) is 0 Å². The number of benzene rings is 2. The maximum Gasteiger partial charge on any atom is 0.338 e. The molecule has 2 rings (SSSR count). The van der Waals surface area contributed by atoms with Crippen molar-refractivity contribution in [3.63, 3.8) is 0 Å². The minimum Gasteiger partial charge on any atom is -0.493 e. The summed E-state index contributed by atoms with van der Waals surface area (Å²) in [5, 5.41) is 3.20. The molecule has 25 heavy (non-hydrogen) atoms. The zero-order valence-electron chi connectivity index (χ0n) is 14.1. The monoisotopic (exact) mass is 363 g/mol. The second-order valence-electron chi connectivity index (χ2n) is 5.11. The number of carbonyl (C=O) groups is 2. The van der Waals surface area contributed by atoms with Crippen LogP contribution in [0.25, 0.3) is 0 Å². The summed E-state index contributed by atoms with van der Waals surface area (Å²) in [6.07, 6.45) is 0. The Bertz CT molecular complexity index is 791. The third-order valence-electron chi connectivity index (χ3n) is 3.50. The summed E-state index contributed by atoms with van der Waals surface area (Å²) in [5.74, 6) is -0.206. The Kier molecular flexibility index (Phi) is 6.25. The maximum atomic E-state index is 12.1. The van der Waals surface area contributed by atoms with Gasteiger partial charge in [-0.3, -0.25) is 4.79 Å². The van der Waals surface area contributed by atoms with Gasteiger partial charge >= 0.3 is 5.97 Å². The number of hydrogen-bond donors (Lipinski definition) is 1. The summed E-state index contributed by atoms with van der Waals surface area (Å²) in [4.78, 5) is 24.0. The Morgan fingerprint density at radius 3 is 2.48 bits per heavy atom. The van der Waals surface area contributed by atoms with Crippen molar-refractivity contribution in [2.75, 3.05) is 26.1 Å². The van der Waals surface area contributed by atoms with Gasteiger partial charge in [-0.15, -0.1) is 0 Å². The minimum atomic E-state index is -0.640. The van der Waals surface area contributed by atoms with Gasteiger partial charge in [-0.1, -0.05) is 17.7 Å². The Morgan fingerprint density at radius 1 is 1.08 bits per heavy atom. The molecule has 0 heterocycles. The molecular weight excluding hydrogens is 346 g/mol. The fourth-order valence-corrected chi connectivity index (χ4v) is 2.28. The highest BCUT2D eigenvalue weighted by molar-refractivity contribution is 6.31. The molecule has 2 aromatic carbocycles. The van der Waals surface area contributed by atoms with Crippen molar-refractivity contribution in [3.8, 4) is 11.5 Å². The van der Waals surface area contributed by atoms with E-state index in [4.69, 9.17) is 25.8 Å². The number of hydrogen-bond acceptors (Lipinski definition) is 5. The molecule has 132 valence electrons. The number of nitrogens with one attached hydrogen (secondary N) is 1. The summed E-state index contributed by atoms with van der Waals surface area (Å²) in [6, 6.07) is 9.77. The lowest BCUT2D eigenvalue weighted by atomic mass is 10.2. The van der Waals surface area contributed by atoms with Gasteiger partial charge in [-0.2, -0.15) is 0 Å². The molecule has 0 bridgehead atoms. The van der Waals surface area contributed by atoms with Gasteiger partial charge < -0.3 is 19.5 Å². The van der Waals surface area contributed by atoms with E-state index < -0.39 is 18.5 Å². The van der Waals surface area contributed by atoms with Crippen molar-refractivity contribution in [1.82, 2.24) is 0 Å². The molecule has 0 aliphatic heterocycles. The van der Waals surface area contributed by atoms with Crippen LogP contribution in [0.4, 0.5) is 5.69 Å². The number of methoxy groups -OCH3 is 2. The zero-order chi connectivity index (χ0) is 18.4. The van der Waals surface area contributed by atoms with Gasteiger partial charge in [0.05, 0.1) is 19.8 Å². The number of ether oxygens (including phenoxy) is 3. The summed E-state index contributed by atoms with van der Waals surface area (Å²) in [7, 11) is 2.96. The highest BCUT2D eigenvalue weighted by atomic mass is 35.5. The van der Waals surface area contributed by atoms with E-state index in [9.17, 15) is 9.59 Å². The Balaban J connectivity index is 1.97. The smallest absolute Gasteiger partial charge is 0.338 e. The molecule has 0 unspecified atom stereocenters. The van der Waals surface area contributed by atoms with Gasteiger partial charge in [0.1, 0.15) is 0 Å². The van der Waals surface area contributed by atoms with Gasteiger partial charge in [-0.05, 0) is 42.8 Å². The molecular formula is C18H18ClNO5. The fraction of sp³-hybridized carbons (Fsp3) is 0.222. The number of carbonyl (C=O) groups excluding carboxylic acids is 2. The van der Waals surface area contributed by atoms with Crippen molar-refractivity contribution < 1.29 is 23.8 Å². The van der Waals surface area contributed by atoms with Crippen molar-refractivity contribution in [3.05, 3.63) is 52.5 Å². The van der Waals surface area contributed by atoms with Gasteiger partial charge in [-0.25, -0.2) is 4.79 Å². The number of anilines is 1. The van der Waals surface area contributed by atoms with Gasteiger partial charge in [0.15, 0.2) is 18.1 Å². The first-order valence-corrected chi connectivity index (χ1v) is 7.78. The van der Waals surface area contributed by atoms with Crippen molar-refractivity contribution >= 4 is 29.2 Å². The Morgan fingerprint density at radius 2 is 1.80 bits per heavy atom. The van der Waals surface area contributed by atoms with Crippen LogP contribution >= 0.6 is 11.6 Å². The van der Waals surface area contributed by atoms with E-state index in [0.717, 1.165) is 5.56 Å². The summed E-state index contributed by atoms with van der Waals surface area (Å²) in [6.45, 7) is 1.37. The fourth-order valence-electron chi connectivity index (χ4n) is 2.11. The first kappa shape index (κ1) is 18.6. The van der Waals surface area contributed by atoms with Crippen molar-refractivity contribution in [2.24, 2.45) is 0 Å². The maximum absolute atomic E-state index is 12.1. The van der Waals surface area contributed by atoms with Crippen LogP contribution in [0.2, 0.25) is 5.02 Å². The van der Waals surface area contributed by atoms with Crippen LogP contribution in [-0.2, 0) is 9.53 Å². The quantitative estimate of drug-likeness (QED) is 0.795. The van der Waals surface area contributed by atoms with Crippen LogP contribution in [-0.4, -0.2) is 32.7 Å². The van der Waals surface area contributed by atoms with E-state index in [1.165, 1.54) is 26.4 Å². The number of esters is 1. The number of halogens is 1. The standard InChI is InChI=1S/C18H18ClNO5/c1-11-13(19)5-4-6-14(11)20-17(21)10-25-18(22)12-7-8-15(23-2)16(9-12)24-3/h4-9H,10H2,1-3H3,(H,20,21). The van der Waals surface area contributed by atoms with Crippen LogP contribution in [0.5, 0.6) is 11.5 Å². The van der Waals surface area contributed by atoms with Crippen molar-refractivity contribution in [2.45, 2.75) is 6.92 Å². The molecule has 0 atom stereocenters. The molecule has 0 saturated carbocycles. The predicted molar refractivity (Wildman–Crippen MR) is 94.6 cm³/mol. The average molecular weight is 364 g/mol. The molecule has 0 spiro atoms. The van der Waals surface area contributed by atoms with E-state index in [1.807, 2.05) is 0 Å². The topological polar surface area (TPSA) is 73.9 Å². The van der Waals surface area contributed by atoms with Crippen LogP contribution in [0.1, 0.15) is 15.9 Å². The van der Waals surface area contributed by atoms with Crippen LogP contribution in [0.15, 0.2) is 36.4 Å². The second kappa shape index (κ2) is 8.39. The number of amides is 1. The molecule has 0 radical (unpaired) electrons. The van der Waals surface area contributed by atoms with E-state index in [-0.39, 0.29) is 5.56 Å². The predicted octanol–water partition coefficient (Wildman–Crippen LogP) is 3.46. The highest BCUT2D eigenvalue weighted by Crippen LogP contribution is 2.28. The lowest BCUT2D eigenvalue weighted by molar-refractivity contribution is -0.119. The van der Waals surface area contributed by atoms with E-state index in [0.29, 0.717) is 22.2 Å². The molecule has 1 amide bonds. The molecule has 7 heteroatoms. The Hall–Kier alpha value is -2.73. The van der Waals surface area contributed by atoms with E-state index in [2.05, 4.69) is 5.32 Å². The normalized spacial score (nSPS) is 10.1. The summed E-state index contributed by atoms with van der Waals surface area (Å²) >= 11 is 6.00.